The number of nitrogens with one attached hydrogen (secondary N) is 1. The highest BCUT2D eigenvalue weighted by Gasteiger charge is 2.17. The van der Waals surface area contributed by atoms with Crippen LogP contribution in [0.4, 0.5) is 0 Å². The standard InChI is InChI=1S/C16H21N3O2S/c1-2-19-14-8-4-3-7-13(14)18-16(19)22-11-15(20)17-10-12-6-5-9-21-12/h3-4,7-8,12H,2,5-6,9-11H2,1H3,(H,17,20)/t12-/m1/s1. The summed E-state index contributed by atoms with van der Waals surface area (Å²) < 4.78 is 7.65. The van der Waals surface area contributed by atoms with Crippen LogP contribution in [0, 0.1) is 0 Å². The molecule has 1 amide bonds. The molecule has 1 N–H and O–H groups in total. The molecule has 1 saturated heterocycles. The maximum Gasteiger partial charge on any atom is 0.230 e. The van der Waals surface area contributed by atoms with Gasteiger partial charge in [0.25, 0.3) is 0 Å². The molecule has 1 fully saturated rings. The number of hydrogen-bond acceptors (Lipinski definition) is 4. The molecule has 1 aliphatic heterocycles. The van der Waals surface area contributed by atoms with Gasteiger partial charge in [-0.3, -0.25) is 4.79 Å². The highest BCUT2D eigenvalue weighted by atomic mass is 32.2. The molecule has 2 aromatic rings. The number of carbonyl (C=O) groups excluding carboxylic acids is 1. The Bertz CT molecular complexity index is 650. The molecule has 5 nitrogen and oxygen atoms in total. The summed E-state index contributed by atoms with van der Waals surface area (Å²) in [7, 11) is 0. The SMILES string of the molecule is CCn1c(SCC(=O)NC[C@H]2CCCO2)nc2ccccc21. The molecule has 0 bridgehead atoms. The molecule has 1 aliphatic rings. The van der Waals surface area contributed by atoms with E-state index in [2.05, 4.69) is 27.9 Å². The second-order valence-corrected chi connectivity index (χ2v) is 6.30. The number of rotatable bonds is 6. The van der Waals surface area contributed by atoms with Crippen LogP contribution in [0.1, 0.15) is 19.8 Å². The Morgan fingerprint density at radius 1 is 1.50 bits per heavy atom. The van der Waals surface area contributed by atoms with E-state index in [0.717, 1.165) is 42.2 Å². The summed E-state index contributed by atoms with van der Waals surface area (Å²) >= 11 is 1.49. The minimum Gasteiger partial charge on any atom is -0.376 e. The predicted molar refractivity (Wildman–Crippen MR) is 88.1 cm³/mol. The number of para-hydroxylation sites is 2. The number of benzene rings is 1. The van der Waals surface area contributed by atoms with Crippen LogP contribution in [0.5, 0.6) is 0 Å². The molecule has 0 unspecified atom stereocenters. The van der Waals surface area contributed by atoms with Gasteiger partial charge in [0, 0.05) is 19.7 Å². The van der Waals surface area contributed by atoms with E-state index < -0.39 is 0 Å². The summed E-state index contributed by atoms with van der Waals surface area (Å²) in [5.74, 6) is 0.422. The summed E-state index contributed by atoms with van der Waals surface area (Å²) in [5.41, 5.74) is 2.10. The average Bonchev–Trinajstić information content (AvgIpc) is 3.17. The number of ether oxygens (including phenoxy) is 1. The van der Waals surface area contributed by atoms with Crippen LogP contribution in [0.3, 0.4) is 0 Å². The molecule has 0 spiro atoms. The Kier molecular flexibility index (Phi) is 5.00. The Labute approximate surface area is 134 Å². The molecule has 3 rings (SSSR count). The molecule has 1 aromatic carbocycles. The van der Waals surface area contributed by atoms with Crippen molar-refractivity contribution in [1.82, 2.24) is 14.9 Å². The molecular formula is C16H21N3O2S. The monoisotopic (exact) mass is 319 g/mol. The van der Waals surface area contributed by atoms with Crippen LogP contribution in [0.2, 0.25) is 0 Å². The van der Waals surface area contributed by atoms with E-state index in [1.165, 1.54) is 11.8 Å². The van der Waals surface area contributed by atoms with E-state index in [0.29, 0.717) is 12.3 Å². The number of carbonyl (C=O) groups is 1. The number of imidazole rings is 1. The second-order valence-electron chi connectivity index (χ2n) is 5.36. The number of thioether (sulfide) groups is 1. The molecule has 22 heavy (non-hydrogen) atoms. The zero-order valence-electron chi connectivity index (χ0n) is 12.7. The van der Waals surface area contributed by atoms with Crippen molar-refractivity contribution in [3.05, 3.63) is 24.3 Å². The first-order valence-corrected chi connectivity index (χ1v) is 8.73. The van der Waals surface area contributed by atoms with E-state index in [1.807, 2.05) is 18.2 Å². The van der Waals surface area contributed by atoms with Crippen molar-refractivity contribution in [2.24, 2.45) is 0 Å². The fourth-order valence-corrected chi connectivity index (χ4v) is 3.59. The third-order valence-corrected chi connectivity index (χ3v) is 4.80. The number of nitrogens with zero attached hydrogens (tertiary/aromatic N) is 2. The van der Waals surface area contributed by atoms with Crippen LogP contribution >= 0.6 is 11.8 Å². The fraction of sp³-hybridized carbons (Fsp3) is 0.500. The van der Waals surface area contributed by atoms with Crippen LogP contribution in [0.25, 0.3) is 11.0 Å². The Hall–Kier alpha value is -1.53. The van der Waals surface area contributed by atoms with Gasteiger partial charge in [-0.25, -0.2) is 4.98 Å². The highest BCUT2D eigenvalue weighted by molar-refractivity contribution is 7.99. The zero-order chi connectivity index (χ0) is 15.4. The van der Waals surface area contributed by atoms with Crippen molar-refractivity contribution in [1.29, 1.82) is 0 Å². The molecule has 1 aromatic heterocycles. The van der Waals surface area contributed by atoms with Gasteiger partial charge in [-0.1, -0.05) is 23.9 Å². The van der Waals surface area contributed by atoms with E-state index in [1.54, 1.807) is 0 Å². The van der Waals surface area contributed by atoms with Gasteiger partial charge >= 0.3 is 0 Å². The topological polar surface area (TPSA) is 56.2 Å². The van der Waals surface area contributed by atoms with Crippen molar-refractivity contribution in [3.8, 4) is 0 Å². The van der Waals surface area contributed by atoms with Gasteiger partial charge < -0.3 is 14.6 Å². The minimum atomic E-state index is 0.0372. The van der Waals surface area contributed by atoms with Gasteiger partial charge in [-0.05, 0) is 31.9 Å². The third-order valence-electron chi connectivity index (χ3n) is 3.82. The number of aromatic nitrogens is 2. The summed E-state index contributed by atoms with van der Waals surface area (Å²) in [6.07, 6.45) is 2.32. The molecule has 0 aliphatic carbocycles. The van der Waals surface area contributed by atoms with Gasteiger partial charge in [0.15, 0.2) is 5.16 Å². The van der Waals surface area contributed by atoms with Crippen molar-refractivity contribution in [2.45, 2.75) is 37.6 Å². The van der Waals surface area contributed by atoms with Crippen molar-refractivity contribution in [2.75, 3.05) is 18.9 Å². The number of fused-ring (bicyclic) bond motifs is 1. The van der Waals surface area contributed by atoms with Gasteiger partial charge in [0.2, 0.25) is 5.91 Å². The lowest BCUT2D eigenvalue weighted by atomic mass is 10.2. The first kappa shape index (κ1) is 15.4. The molecule has 6 heteroatoms. The first-order chi connectivity index (χ1) is 10.8. The summed E-state index contributed by atoms with van der Waals surface area (Å²) in [6, 6.07) is 8.06. The first-order valence-electron chi connectivity index (χ1n) is 7.74. The molecule has 1 atom stereocenters. The lowest BCUT2D eigenvalue weighted by molar-refractivity contribution is -0.119. The molecule has 0 radical (unpaired) electrons. The zero-order valence-corrected chi connectivity index (χ0v) is 13.6. The average molecular weight is 319 g/mol. The molecular weight excluding hydrogens is 298 g/mol. The number of amides is 1. The van der Waals surface area contributed by atoms with Crippen LogP contribution < -0.4 is 5.32 Å². The molecule has 2 heterocycles. The fourth-order valence-electron chi connectivity index (χ4n) is 2.68. The third kappa shape index (κ3) is 3.44. The van der Waals surface area contributed by atoms with E-state index >= 15 is 0 Å². The summed E-state index contributed by atoms with van der Waals surface area (Å²) in [6.45, 7) is 4.37. The van der Waals surface area contributed by atoms with Crippen molar-refractivity contribution >= 4 is 28.7 Å². The van der Waals surface area contributed by atoms with E-state index in [9.17, 15) is 4.79 Å². The second kappa shape index (κ2) is 7.15. The molecule has 0 saturated carbocycles. The van der Waals surface area contributed by atoms with Gasteiger partial charge in [-0.15, -0.1) is 0 Å². The largest absolute Gasteiger partial charge is 0.376 e. The van der Waals surface area contributed by atoms with Crippen molar-refractivity contribution in [3.63, 3.8) is 0 Å². The lowest BCUT2D eigenvalue weighted by Crippen LogP contribution is -2.32. The Morgan fingerprint density at radius 2 is 2.36 bits per heavy atom. The van der Waals surface area contributed by atoms with E-state index in [-0.39, 0.29) is 12.0 Å². The maximum absolute atomic E-state index is 12.0. The minimum absolute atomic E-state index is 0.0372. The van der Waals surface area contributed by atoms with Crippen molar-refractivity contribution < 1.29 is 9.53 Å². The summed E-state index contributed by atoms with van der Waals surface area (Å²) in [4.78, 5) is 16.6. The van der Waals surface area contributed by atoms with Crippen LogP contribution in [-0.2, 0) is 16.1 Å². The van der Waals surface area contributed by atoms with Crippen LogP contribution in [0.15, 0.2) is 29.4 Å². The summed E-state index contributed by atoms with van der Waals surface area (Å²) in [5, 5.41) is 3.84. The predicted octanol–water partition coefficient (Wildman–Crippen LogP) is 2.44. The van der Waals surface area contributed by atoms with E-state index in [4.69, 9.17) is 4.74 Å². The van der Waals surface area contributed by atoms with Crippen LogP contribution in [-0.4, -0.2) is 40.5 Å². The van der Waals surface area contributed by atoms with Gasteiger partial charge in [0.1, 0.15) is 0 Å². The normalized spacial score (nSPS) is 18.0. The van der Waals surface area contributed by atoms with Gasteiger partial charge in [-0.2, -0.15) is 0 Å². The Balaban J connectivity index is 1.57. The quantitative estimate of drug-likeness (QED) is 0.831. The number of aryl methyl sites for hydroxylation is 1. The van der Waals surface area contributed by atoms with Gasteiger partial charge in [0.05, 0.1) is 22.9 Å². The lowest BCUT2D eigenvalue weighted by Gasteiger charge is -2.10. The Morgan fingerprint density at radius 3 is 3.14 bits per heavy atom. The maximum atomic E-state index is 12.0. The smallest absolute Gasteiger partial charge is 0.230 e. The number of hydrogen-bond donors (Lipinski definition) is 1. The highest BCUT2D eigenvalue weighted by Crippen LogP contribution is 2.23. The molecule has 118 valence electrons.